The average Bonchev–Trinajstić information content (AvgIpc) is 2.40. The minimum absolute atomic E-state index is 0.789. The Morgan fingerprint density at radius 1 is 0.882 bits per heavy atom. The highest BCUT2D eigenvalue weighted by molar-refractivity contribution is 5.45. The number of rotatable bonds is 7. The van der Waals surface area contributed by atoms with Crippen molar-refractivity contribution in [3.63, 3.8) is 0 Å². The molecule has 0 spiro atoms. The van der Waals surface area contributed by atoms with E-state index in [1.165, 1.54) is 5.56 Å². The van der Waals surface area contributed by atoms with Gasteiger partial charge in [0.2, 0.25) is 0 Å². The van der Waals surface area contributed by atoms with Crippen LogP contribution < -0.4 is 0 Å². The largest absolute Gasteiger partial charge is 0.381 e. The summed E-state index contributed by atoms with van der Waals surface area (Å²) in [4.78, 5) is 0. The third-order valence-corrected chi connectivity index (χ3v) is 1.97. The molecule has 0 unspecified atom stereocenters. The lowest BCUT2D eigenvalue weighted by molar-refractivity contribution is 0.143. The van der Waals surface area contributed by atoms with E-state index >= 15 is 0 Å². The molecule has 1 aromatic carbocycles. The van der Waals surface area contributed by atoms with Crippen LogP contribution in [0.5, 0.6) is 0 Å². The molecule has 0 aliphatic rings. The molecular weight excluding hydrogens is 208 g/mol. The Hall–Kier alpha value is -1.60. The Morgan fingerprint density at radius 2 is 1.41 bits per heavy atom. The summed E-state index contributed by atoms with van der Waals surface area (Å²) in [5, 5.41) is 0. The third kappa shape index (κ3) is 10.7. The predicted molar refractivity (Wildman–Crippen MR) is 77.0 cm³/mol. The molecular formula is C16H22O. The molecule has 0 aliphatic heterocycles. The number of hydrogen-bond acceptors (Lipinski definition) is 1. The van der Waals surface area contributed by atoms with Gasteiger partial charge in [0.25, 0.3) is 0 Å². The van der Waals surface area contributed by atoms with Crippen LogP contribution in [0.3, 0.4) is 0 Å². The predicted octanol–water partition coefficient (Wildman–Crippen LogP) is 4.48. The summed E-state index contributed by atoms with van der Waals surface area (Å²) in [5.41, 5.74) is 1.17. The topological polar surface area (TPSA) is 9.23 Å². The molecule has 0 atom stereocenters. The molecule has 0 aliphatic carbocycles. The fourth-order valence-corrected chi connectivity index (χ4v) is 1.02. The zero-order chi connectivity index (χ0) is 12.8. The number of hydrogen-bond donors (Lipinski definition) is 0. The summed E-state index contributed by atoms with van der Waals surface area (Å²) >= 11 is 0. The SMILES string of the molecule is C=CCCOCCC=C.C=Cc1ccccc1. The average molecular weight is 230 g/mol. The summed E-state index contributed by atoms with van der Waals surface area (Å²) in [7, 11) is 0. The lowest BCUT2D eigenvalue weighted by Crippen LogP contribution is -1.93. The third-order valence-electron chi connectivity index (χ3n) is 1.97. The highest BCUT2D eigenvalue weighted by atomic mass is 16.5. The first-order valence-electron chi connectivity index (χ1n) is 5.82. The first-order valence-corrected chi connectivity index (χ1v) is 5.82. The second-order valence-electron chi connectivity index (χ2n) is 3.38. The molecule has 0 saturated carbocycles. The first kappa shape index (κ1) is 15.4. The molecule has 17 heavy (non-hydrogen) atoms. The Bertz CT molecular complexity index is 291. The molecule has 0 amide bonds. The maximum absolute atomic E-state index is 5.17. The van der Waals surface area contributed by atoms with E-state index in [0.29, 0.717) is 0 Å². The van der Waals surface area contributed by atoms with Crippen LogP contribution in [-0.4, -0.2) is 13.2 Å². The Kier molecular flexibility index (Phi) is 11.3. The molecule has 1 nitrogen and oxygen atoms in total. The molecule has 0 saturated heterocycles. The summed E-state index contributed by atoms with van der Waals surface area (Å²) in [6, 6.07) is 10.0. The van der Waals surface area contributed by atoms with Crippen LogP contribution in [0.2, 0.25) is 0 Å². The van der Waals surface area contributed by atoms with Gasteiger partial charge in [0.1, 0.15) is 0 Å². The molecule has 92 valence electrons. The van der Waals surface area contributed by atoms with E-state index in [2.05, 4.69) is 19.7 Å². The van der Waals surface area contributed by atoms with Crippen LogP contribution in [-0.2, 0) is 4.74 Å². The van der Waals surface area contributed by atoms with Crippen molar-refractivity contribution in [3.8, 4) is 0 Å². The quantitative estimate of drug-likeness (QED) is 0.495. The van der Waals surface area contributed by atoms with Gasteiger partial charge in [-0.2, -0.15) is 0 Å². The van der Waals surface area contributed by atoms with Gasteiger partial charge in [-0.05, 0) is 18.4 Å². The lowest BCUT2D eigenvalue weighted by Gasteiger charge is -1.96. The normalized spacial score (nSPS) is 8.71. The molecule has 1 aromatic rings. The van der Waals surface area contributed by atoms with Gasteiger partial charge in [-0.15, -0.1) is 13.2 Å². The van der Waals surface area contributed by atoms with E-state index in [1.807, 2.05) is 48.6 Å². The van der Waals surface area contributed by atoms with Crippen LogP contribution in [0.15, 0.2) is 62.2 Å². The fraction of sp³-hybridized carbons (Fsp3) is 0.250. The Labute approximate surface area is 105 Å². The monoisotopic (exact) mass is 230 g/mol. The van der Waals surface area contributed by atoms with Crippen molar-refractivity contribution in [2.45, 2.75) is 12.8 Å². The molecule has 1 heteroatoms. The number of benzene rings is 1. The fourth-order valence-electron chi connectivity index (χ4n) is 1.02. The van der Waals surface area contributed by atoms with Crippen LogP contribution in [0.1, 0.15) is 18.4 Å². The minimum Gasteiger partial charge on any atom is -0.381 e. The molecule has 0 heterocycles. The van der Waals surface area contributed by atoms with Crippen LogP contribution in [0.25, 0.3) is 6.08 Å². The molecule has 0 radical (unpaired) electrons. The molecule has 1 rings (SSSR count). The van der Waals surface area contributed by atoms with Crippen molar-refractivity contribution in [1.29, 1.82) is 0 Å². The van der Waals surface area contributed by atoms with E-state index in [9.17, 15) is 0 Å². The van der Waals surface area contributed by atoms with Gasteiger partial charge in [0.15, 0.2) is 0 Å². The lowest BCUT2D eigenvalue weighted by atomic mass is 10.2. The highest BCUT2D eigenvalue weighted by Crippen LogP contribution is 1.97. The van der Waals surface area contributed by atoms with Crippen LogP contribution in [0.4, 0.5) is 0 Å². The van der Waals surface area contributed by atoms with Gasteiger partial charge in [-0.1, -0.05) is 55.1 Å². The summed E-state index contributed by atoms with van der Waals surface area (Å²) < 4.78 is 5.17. The van der Waals surface area contributed by atoms with Gasteiger partial charge in [0, 0.05) is 0 Å². The molecule has 0 N–H and O–H groups in total. The van der Waals surface area contributed by atoms with Crippen molar-refractivity contribution in [2.24, 2.45) is 0 Å². The van der Waals surface area contributed by atoms with Crippen molar-refractivity contribution in [3.05, 3.63) is 67.8 Å². The highest BCUT2D eigenvalue weighted by Gasteiger charge is 1.81. The Morgan fingerprint density at radius 3 is 1.76 bits per heavy atom. The van der Waals surface area contributed by atoms with E-state index in [-0.39, 0.29) is 0 Å². The van der Waals surface area contributed by atoms with E-state index in [4.69, 9.17) is 4.74 Å². The van der Waals surface area contributed by atoms with Crippen molar-refractivity contribution in [2.75, 3.05) is 13.2 Å². The maximum Gasteiger partial charge on any atom is 0.0500 e. The second kappa shape index (κ2) is 12.5. The first-order chi connectivity index (χ1) is 8.35. The molecule has 0 bridgehead atoms. The summed E-state index contributed by atoms with van der Waals surface area (Å²) in [5.74, 6) is 0. The van der Waals surface area contributed by atoms with Gasteiger partial charge < -0.3 is 4.74 Å². The second-order valence-corrected chi connectivity index (χ2v) is 3.38. The summed E-state index contributed by atoms with van der Waals surface area (Å²) in [6.45, 7) is 12.4. The zero-order valence-electron chi connectivity index (χ0n) is 10.5. The van der Waals surface area contributed by atoms with Crippen molar-refractivity contribution >= 4 is 6.08 Å². The zero-order valence-corrected chi connectivity index (χ0v) is 10.5. The van der Waals surface area contributed by atoms with E-state index in [0.717, 1.165) is 26.1 Å². The van der Waals surface area contributed by atoms with Gasteiger partial charge in [-0.3, -0.25) is 0 Å². The van der Waals surface area contributed by atoms with Gasteiger partial charge in [-0.25, -0.2) is 0 Å². The van der Waals surface area contributed by atoms with E-state index < -0.39 is 0 Å². The van der Waals surface area contributed by atoms with Crippen LogP contribution >= 0.6 is 0 Å². The van der Waals surface area contributed by atoms with Gasteiger partial charge >= 0.3 is 0 Å². The molecule has 0 fully saturated rings. The smallest absolute Gasteiger partial charge is 0.0500 e. The molecule has 0 aromatic heterocycles. The standard InChI is InChI=1S/C8H14O.C8H8/c1-3-5-7-9-8-6-4-2;1-2-8-6-4-3-5-7-8/h3-4H,1-2,5-8H2;2-7H,1H2. The summed E-state index contributed by atoms with van der Waals surface area (Å²) in [6.07, 6.45) is 7.43. The minimum atomic E-state index is 0.789. The van der Waals surface area contributed by atoms with Crippen LogP contribution in [0, 0.1) is 0 Å². The maximum atomic E-state index is 5.17. The van der Waals surface area contributed by atoms with Gasteiger partial charge in [0.05, 0.1) is 13.2 Å². The van der Waals surface area contributed by atoms with E-state index in [1.54, 1.807) is 0 Å². The Balaban J connectivity index is 0.000000302. The van der Waals surface area contributed by atoms with Crippen molar-refractivity contribution in [1.82, 2.24) is 0 Å². The number of ether oxygens (including phenoxy) is 1. The van der Waals surface area contributed by atoms with Crippen molar-refractivity contribution < 1.29 is 4.74 Å².